The maximum atomic E-state index is 12.4. The number of likely N-dealkylation sites (tertiary alicyclic amines) is 1. The highest BCUT2D eigenvalue weighted by atomic mass is 16.4. The number of hydrogen-bond donors (Lipinski definition) is 2. The van der Waals surface area contributed by atoms with Crippen molar-refractivity contribution in [1.82, 2.24) is 10.2 Å². The first-order chi connectivity index (χ1) is 9.72. The van der Waals surface area contributed by atoms with Gasteiger partial charge in [0.05, 0.1) is 5.41 Å². The van der Waals surface area contributed by atoms with E-state index in [1.54, 1.807) is 0 Å². The molecule has 21 heavy (non-hydrogen) atoms. The number of carboxylic acid groups (broad SMARTS) is 1. The highest BCUT2D eigenvalue weighted by Crippen LogP contribution is 2.21. The Kier molecular flexibility index (Phi) is 6.65. The molecule has 1 aliphatic rings. The van der Waals surface area contributed by atoms with Crippen LogP contribution in [0.1, 0.15) is 53.4 Å². The predicted octanol–water partition coefficient (Wildman–Crippen LogP) is 2.11. The third-order valence-corrected chi connectivity index (χ3v) is 3.99. The van der Waals surface area contributed by atoms with Gasteiger partial charge in [-0.3, -0.25) is 4.79 Å². The van der Waals surface area contributed by atoms with Gasteiger partial charge in [0.1, 0.15) is 6.04 Å². The van der Waals surface area contributed by atoms with E-state index in [1.165, 1.54) is 19.3 Å². The molecule has 0 aromatic rings. The second-order valence-corrected chi connectivity index (χ2v) is 7.21. The van der Waals surface area contributed by atoms with Crippen LogP contribution in [0.4, 0.5) is 0 Å². The molecule has 0 aromatic carbocycles. The molecule has 1 heterocycles. The van der Waals surface area contributed by atoms with Crippen LogP contribution >= 0.6 is 0 Å². The number of aliphatic carboxylic acids is 1. The number of carbonyl (C=O) groups is 2. The lowest BCUT2D eigenvalue weighted by atomic mass is 9.89. The van der Waals surface area contributed by atoms with Crippen LogP contribution < -0.4 is 5.32 Å². The van der Waals surface area contributed by atoms with Crippen LogP contribution in [-0.2, 0) is 9.59 Å². The lowest BCUT2D eigenvalue weighted by Gasteiger charge is -2.34. The normalized spacial score (nSPS) is 18.5. The summed E-state index contributed by atoms with van der Waals surface area (Å²) in [4.78, 5) is 26.0. The highest BCUT2D eigenvalue weighted by molar-refractivity contribution is 5.87. The van der Waals surface area contributed by atoms with Crippen molar-refractivity contribution in [3.63, 3.8) is 0 Å². The Bertz CT molecular complexity index is 361. The number of hydrogen-bond acceptors (Lipinski definition) is 3. The van der Waals surface area contributed by atoms with Crippen molar-refractivity contribution in [2.24, 2.45) is 11.3 Å². The summed E-state index contributed by atoms with van der Waals surface area (Å²) in [6, 6.07) is -0.793. The quantitative estimate of drug-likeness (QED) is 0.755. The number of rotatable bonds is 7. The first-order valence-corrected chi connectivity index (χ1v) is 7.98. The van der Waals surface area contributed by atoms with E-state index in [1.807, 2.05) is 27.7 Å². The minimum absolute atomic E-state index is 0.166. The fourth-order valence-electron chi connectivity index (χ4n) is 2.79. The van der Waals surface area contributed by atoms with E-state index in [0.717, 1.165) is 13.1 Å². The molecule has 0 bridgehead atoms. The molecule has 0 spiro atoms. The smallest absolute Gasteiger partial charge is 0.326 e. The van der Waals surface area contributed by atoms with Gasteiger partial charge in [0.15, 0.2) is 0 Å². The molecular formula is C16H30N2O3. The van der Waals surface area contributed by atoms with Gasteiger partial charge in [-0.1, -0.05) is 20.3 Å². The van der Waals surface area contributed by atoms with Gasteiger partial charge in [0, 0.05) is 6.54 Å². The summed E-state index contributed by atoms with van der Waals surface area (Å²) in [7, 11) is 0. The summed E-state index contributed by atoms with van der Waals surface area (Å²) in [6.45, 7) is 10.5. The van der Waals surface area contributed by atoms with Crippen LogP contribution in [-0.4, -0.2) is 47.6 Å². The fraction of sp³-hybridized carbons (Fsp3) is 0.875. The summed E-state index contributed by atoms with van der Waals surface area (Å²) in [5.74, 6) is -0.886. The van der Waals surface area contributed by atoms with Gasteiger partial charge in [0.2, 0.25) is 5.91 Å². The van der Waals surface area contributed by atoms with Crippen LogP contribution in [0, 0.1) is 11.3 Å². The SMILES string of the molecule is CC(C)CC(NC(=O)C(C)(C)CN1CCCCC1)C(=O)O. The standard InChI is InChI=1S/C16H30N2O3/c1-12(2)10-13(14(19)20)17-15(21)16(3,4)11-18-8-6-5-7-9-18/h12-13H,5-11H2,1-4H3,(H,17,21)(H,19,20). The Morgan fingerprint density at radius 1 is 1.19 bits per heavy atom. The van der Waals surface area contributed by atoms with Gasteiger partial charge in [-0.2, -0.15) is 0 Å². The van der Waals surface area contributed by atoms with Crippen molar-refractivity contribution in [3.05, 3.63) is 0 Å². The largest absolute Gasteiger partial charge is 0.480 e. The lowest BCUT2D eigenvalue weighted by Crippen LogP contribution is -2.51. The van der Waals surface area contributed by atoms with E-state index >= 15 is 0 Å². The van der Waals surface area contributed by atoms with Gasteiger partial charge in [-0.05, 0) is 52.1 Å². The van der Waals surface area contributed by atoms with Gasteiger partial charge in [-0.25, -0.2) is 4.79 Å². The van der Waals surface area contributed by atoms with E-state index in [0.29, 0.717) is 13.0 Å². The summed E-state index contributed by atoms with van der Waals surface area (Å²) >= 11 is 0. The summed E-state index contributed by atoms with van der Waals surface area (Å²) in [5, 5.41) is 11.9. The molecule has 1 amide bonds. The molecular weight excluding hydrogens is 268 g/mol. The molecule has 1 aliphatic heterocycles. The maximum absolute atomic E-state index is 12.4. The second kappa shape index (κ2) is 7.78. The van der Waals surface area contributed by atoms with Crippen LogP contribution in [0.2, 0.25) is 0 Å². The molecule has 0 radical (unpaired) electrons. The average molecular weight is 298 g/mol. The van der Waals surface area contributed by atoms with Crippen molar-refractivity contribution in [3.8, 4) is 0 Å². The van der Waals surface area contributed by atoms with Crippen molar-refractivity contribution in [2.75, 3.05) is 19.6 Å². The number of amides is 1. The molecule has 1 fully saturated rings. The van der Waals surface area contributed by atoms with E-state index in [9.17, 15) is 14.7 Å². The second-order valence-electron chi connectivity index (χ2n) is 7.21. The third kappa shape index (κ3) is 6.04. The Labute approximate surface area is 128 Å². The molecule has 2 N–H and O–H groups in total. The summed E-state index contributed by atoms with van der Waals surface area (Å²) < 4.78 is 0. The summed E-state index contributed by atoms with van der Waals surface area (Å²) in [6.07, 6.45) is 4.09. The van der Waals surface area contributed by atoms with E-state index in [4.69, 9.17) is 0 Å². The van der Waals surface area contributed by atoms with Gasteiger partial charge in [0.25, 0.3) is 0 Å². The van der Waals surface area contributed by atoms with E-state index in [2.05, 4.69) is 10.2 Å². The molecule has 0 aromatic heterocycles. The van der Waals surface area contributed by atoms with E-state index in [-0.39, 0.29) is 11.8 Å². The molecule has 122 valence electrons. The van der Waals surface area contributed by atoms with Crippen LogP contribution in [0.5, 0.6) is 0 Å². The molecule has 0 saturated carbocycles. The molecule has 1 saturated heterocycles. The number of nitrogens with one attached hydrogen (secondary N) is 1. The monoisotopic (exact) mass is 298 g/mol. The first kappa shape index (κ1) is 18.0. The van der Waals surface area contributed by atoms with Crippen molar-refractivity contribution < 1.29 is 14.7 Å². The zero-order valence-corrected chi connectivity index (χ0v) is 13.8. The Morgan fingerprint density at radius 2 is 1.76 bits per heavy atom. The highest BCUT2D eigenvalue weighted by Gasteiger charge is 2.33. The van der Waals surface area contributed by atoms with Crippen molar-refractivity contribution in [2.45, 2.75) is 59.4 Å². The van der Waals surface area contributed by atoms with E-state index < -0.39 is 17.4 Å². The first-order valence-electron chi connectivity index (χ1n) is 7.98. The van der Waals surface area contributed by atoms with Crippen LogP contribution in [0.3, 0.4) is 0 Å². The Morgan fingerprint density at radius 3 is 2.24 bits per heavy atom. The Balaban J connectivity index is 2.59. The molecule has 1 rings (SSSR count). The number of carbonyl (C=O) groups excluding carboxylic acids is 1. The van der Waals surface area contributed by atoms with Crippen LogP contribution in [0.15, 0.2) is 0 Å². The Hall–Kier alpha value is -1.10. The number of piperidine rings is 1. The van der Waals surface area contributed by atoms with Crippen molar-refractivity contribution >= 4 is 11.9 Å². The van der Waals surface area contributed by atoms with Gasteiger partial charge >= 0.3 is 5.97 Å². The third-order valence-electron chi connectivity index (χ3n) is 3.99. The fourth-order valence-corrected chi connectivity index (χ4v) is 2.79. The average Bonchev–Trinajstić information content (AvgIpc) is 2.37. The summed E-state index contributed by atoms with van der Waals surface area (Å²) in [5.41, 5.74) is -0.567. The van der Waals surface area contributed by atoms with Crippen LogP contribution in [0.25, 0.3) is 0 Å². The molecule has 5 heteroatoms. The molecule has 5 nitrogen and oxygen atoms in total. The zero-order valence-electron chi connectivity index (χ0n) is 13.8. The lowest BCUT2D eigenvalue weighted by molar-refractivity contribution is -0.144. The number of carboxylic acids is 1. The topological polar surface area (TPSA) is 69.6 Å². The van der Waals surface area contributed by atoms with Gasteiger partial charge < -0.3 is 15.3 Å². The zero-order chi connectivity index (χ0) is 16.0. The maximum Gasteiger partial charge on any atom is 0.326 e. The van der Waals surface area contributed by atoms with Crippen molar-refractivity contribution in [1.29, 1.82) is 0 Å². The molecule has 0 aliphatic carbocycles. The van der Waals surface area contributed by atoms with Gasteiger partial charge in [-0.15, -0.1) is 0 Å². The minimum atomic E-state index is -0.953. The number of nitrogens with zero attached hydrogens (tertiary/aromatic N) is 1. The molecule has 1 unspecified atom stereocenters. The molecule has 1 atom stereocenters. The predicted molar refractivity (Wildman–Crippen MR) is 83.1 cm³/mol. The minimum Gasteiger partial charge on any atom is -0.480 e.